The monoisotopic (exact) mass is 238 g/mol. The minimum Gasteiger partial charge on any atom is -0.330 e. The Labute approximate surface area is 107 Å². The van der Waals surface area contributed by atoms with Gasteiger partial charge >= 0.3 is 0 Å². The fraction of sp³-hybridized carbons (Fsp3) is 1.00. The van der Waals surface area contributed by atoms with Crippen LogP contribution in [0.3, 0.4) is 0 Å². The van der Waals surface area contributed by atoms with Crippen LogP contribution in [0.1, 0.15) is 64.2 Å². The first-order valence-electron chi connectivity index (χ1n) is 7.84. The highest BCUT2D eigenvalue weighted by Gasteiger charge is 2.25. The lowest BCUT2D eigenvalue weighted by Crippen LogP contribution is -2.39. The highest BCUT2D eigenvalue weighted by molar-refractivity contribution is 4.80. The van der Waals surface area contributed by atoms with Crippen LogP contribution in [0.5, 0.6) is 0 Å². The van der Waals surface area contributed by atoms with E-state index in [1.165, 1.54) is 77.3 Å². The summed E-state index contributed by atoms with van der Waals surface area (Å²) in [6.45, 7) is 3.47. The summed E-state index contributed by atoms with van der Waals surface area (Å²) in [5.74, 6) is 0.988. The van der Waals surface area contributed by atoms with Crippen LogP contribution >= 0.6 is 0 Å². The summed E-state index contributed by atoms with van der Waals surface area (Å²) in [6, 6.07) is 0.892. The van der Waals surface area contributed by atoms with Crippen LogP contribution in [0.2, 0.25) is 0 Å². The minimum absolute atomic E-state index is 0.855. The predicted molar refractivity (Wildman–Crippen MR) is 74.1 cm³/mol. The van der Waals surface area contributed by atoms with E-state index in [0.29, 0.717) is 0 Å². The average Bonchev–Trinajstić information content (AvgIpc) is 2.89. The van der Waals surface area contributed by atoms with Crippen molar-refractivity contribution in [3.05, 3.63) is 0 Å². The molecule has 2 nitrogen and oxygen atoms in total. The molecular formula is C15H30N2. The van der Waals surface area contributed by atoms with Gasteiger partial charge in [0, 0.05) is 12.6 Å². The van der Waals surface area contributed by atoms with Gasteiger partial charge in [-0.1, -0.05) is 32.1 Å². The van der Waals surface area contributed by atoms with E-state index < -0.39 is 0 Å². The zero-order valence-electron chi connectivity index (χ0n) is 11.4. The van der Waals surface area contributed by atoms with E-state index in [9.17, 15) is 0 Å². The van der Waals surface area contributed by atoms with E-state index in [1.807, 2.05) is 0 Å². The first-order valence-corrected chi connectivity index (χ1v) is 7.84. The Morgan fingerprint density at radius 2 is 1.53 bits per heavy atom. The van der Waals surface area contributed by atoms with Crippen LogP contribution in [0.25, 0.3) is 0 Å². The van der Waals surface area contributed by atoms with Gasteiger partial charge in [-0.15, -0.1) is 0 Å². The third kappa shape index (κ3) is 4.26. The molecular weight excluding hydrogens is 208 g/mol. The average molecular weight is 238 g/mol. The van der Waals surface area contributed by atoms with Crippen molar-refractivity contribution in [3.63, 3.8) is 0 Å². The number of hydrogen-bond donors (Lipinski definition) is 1. The molecule has 2 fully saturated rings. The second-order valence-corrected chi connectivity index (χ2v) is 6.08. The molecule has 0 saturated heterocycles. The largest absolute Gasteiger partial charge is 0.330 e. The first kappa shape index (κ1) is 13.4. The van der Waals surface area contributed by atoms with Gasteiger partial charge in [0.2, 0.25) is 0 Å². The lowest BCUT2D eigenvalue weighted by atomic mass is 9.88. The van der Waals surface area contributed by atoms with Crippen LogP contribution in [-0.4, -0.2) is 30.6 Å². The van der Waals surface area contributed by atoms with Crippen molar-refractivity contribution in [2.24, 2.45) is 11.7 Å². The van der Waals surface area contributed by atoms with Crippen LogP contribution in [-0.2, 0) is 0 Å². The van der Waals surface area contributed by atoms with E-state index in [2.05, 4.69) is 4.90 Å². The molecule has 2 saturated carbocycles. The SMILES string of the molecule is NCCCN(CC1CCCCC1)C1CCCC1. The number of nitrogens with two attached hydrogens (primary N) is 1. The van der Waals surface area contributed by atoms with Crippen molar-refractivity contribution >= 4 is 0 Å². The third-order valence-corrected chi connectivity index (χ3v) is 4.71. The van der Waals surface area contributed by atoms with Gasteiger partial charge in [-0.3, -0.25) is 0 Å². The number of rotatable bonds is 6. The van der Waals surface area contributed by atoms with Gasteiger partial charge in [-0.25, -0.2) is 0 Å². The Hall–Kier alpha value is -0.0800. The summed E-state index contributed by atoms with van der Waals surface area (Å²) in [7, 11) is 0. The van der Waals surface area contributed by atoms with E-state index in [1.54, 1.807) is 0 Å². The van der Waals surface area contributed by atoms with Gasteiger partial charge in [0.15, 0.2) is 0 Å². The summed E-state index contributed by atoms with van der Waals surface area (Å²) < 4.78 is 0. The normalized spacial score (nSPS) is 23.6. The maximum absolute atomic E-state index is 5.68. The van der Waals surface area contributed by atoms with Crippen molar-refractivity contribution < 1.29 is 0 Å². The molecule has 0 heterocycles. The maximum Gasteiger partial charge on any atom is 0.00953 e. The van der Waals surface area contributed by atoms with Gasteiger partial charge in [-0.2, -0.15) is 0 Å². The molecule has 2 rings (SSSR count). The molecule has 0 aromatic rings. The Bertz CT molecular complexity index is 193. The van der Waals surface area contributed by atoms with Crippen molar-refractivity contribution in [1.29, 1.82) is 0 Å². The summed E-state index contributed by atoms with van der Waals surface area (Å²) in [5, 5.41) is 0. The standard InChI is InChI=1S/C15H30N2/c16-11-6-12-17(15-9-4-5-10-15)13-14-7-2-1-3-8-14/h14-15H,1-13,16H2. The first-order chi connectivity index (χ1) is 8.40. The molecule has 0 spiro atoms. The lowest BCUT2D eigenvalue weighted by molar-refractivity contribution is 0.149. The van der Waals surface area contributed by atoms with E-state index >= 15 is 0 Å². The Morgan fingerprint density at radius 3 is 2.18 bits per heavy atom. The molecule has 0 amide bonds. The second kappa shape index (κ2) is 7.38. The fourth-order valence-corrected chi connectivity index (χ4v) is 3.69. The van der Waals surface area contributed by atoms with E-state index in [4.69, 9.17) is 5.73 Å². The lowest BCUT2D eigenvalue weighted by Gasteiger charge is -2.34. The molecule has 0 aromatic carbocycles. The molecule has 0 aromatic heterocycles. The zero-order chi connectivity index (χ0) is 11.9. The van der Waals surface area contributed by atoms with Crippen LogP contribution in [0, 0.1) is 5.92 Å². The molecule has 0 bridgehead atoms. The maximum atomic E-state index is 5.68. The van der Waals surface area contributed by atoms with Crippen molar-refractivity contribution in [2.75, 3.05) is 19.6 Å². The molecule has 0 atom stereocenters. The molecule has 2 heteroatoms. The molecule has 0 aliphatic heterocycles. The quantitative estimate of drug-likeness (QED) is 0.770. The van der Waals surface area contributed by atoms with Gasteiger partial charge < -0.3 is 10.6 Å². The zero-order valence-corrected chi connectivity index (χ0v) is 11.4. The van der Waals surface area contributed by atoms with Crippen LogP contribution in [0.4, 0.5) is 0 Å². The van der Waals surface area contributed by atoms with Gasteiger partial charge in [0.25, 0.3) is 0 Å². The predicted octanol–water partition coefficient (Wildman–Crippen LogP) is 3.16. The van der Waals surface area contributed by atoms with Crippen LogP contribution < -0.4 is 5.73 Å². The number of nitrogens with zero attached hydrogens (tertiary/aromatic N) is 1. The van der Waals surface area contributed by atoms with E-state index in [0.717, 1.165) is 18.5 Å². The highest BCUT2D eigenvalue weighted by Crippen LogP contribution is 2.29. The van der Waals surface area contributed by atoms with Gasteiger partial charge in [0.05, 0.1) is 0 Å². The topological polar surface area (TPSA) is 29.3 Å². The summed E-state index contributed by atoms with van der Waals surface area (Å²) in [4.78, 5) is 2.79. The van der Waals surface area contributed by atoms with Crippen LogP contribution in [0.15, 0.2) is 0 Å². The summed E-state index contributed by atoms with van der Waals surface area (Å²) in [5.41, 5.74) is 5.68. The molecule has 0 unspecified atom stereocenters. The highest BCUT2D eigenvalue weighted by atomic mass is 15.2. The smallest absolute Gasteiger partial charge is 0.00953 e. The summed E-state index contributed by atoms with van der Waals surface area (Å²) >= 11 is 0. The second-order valence-electron chi connectivity index (χ2n) is 6.08. The number of hydrogen-bond acceptors (Lipinski definition) is 2. The molecule has 2 aliphatic carbocycles. The molecule has 0 radical (unpaired) electrons. The molecule has 17 heavy (non-hydrogen) atoms. The van der Waals surface area contributed by atoms with Gasteiger partial charge in [-0.05, 0) is 51.1 Å². The molecule has 2 N–H and O–H groups in total. The van der Waals surface area contributed by atoms with Crippen molar-refractivity contribution in [1.82, 2.24) is 4.90 Å². The van der Waals surface area contributed by atoms with Crippen molar-refractivity contribution in [2.45, 2.75) is 70.3 Å². The minimum atomic E-state index is 0.855. The van der Waals surface area contributed by atoms with E-state index in [-0.39, 0.29) is 0 Å². The fourth-order valence-electron chi connectivity index (χ4n) is 3.69. The Kier molecular flexibility index (Phi) is 5.79. The summed E-state index contributed by atoms with van der Waals surface area (Å²) in [6.07, 6.45) is 14.3. The Morgan fingerprint density at radius 1 is 0.882 bits per heavy atom. The van der Waals surface area contributed by atoms with Gasteiger partial charge in [0.1, 0.15) is 0 Å². The van der Waals surface area contributed by atoms with Crippen molar-refractivity contribution in [3.8, 4) is 0 Å². The third-order valence-electron chi connectivity index (χ3n) is 4.71. The molecule has 2 aliphatic rings. The Balaban J connectivity index is 1.80. The molecule has 100 valence electrons.